The molecular weight excluding hydrogens is 1290 g/mol. The van der Waals surface area contributed by atoms with Crippen molar-refractivity contribution in [3.8, 4) is 0 Å². The smallest absolute Gasteiger partial charge is 0.344 e. The molecule has 2 bridgehead atoms. The molecule has 0 heterocycles. The summed E-state index contributed by atoms with van der Waals surface area (Å²) in [6, 6.07) is 0. The van der Waals surface area contributed by atoms with Crippen molar-refractivity contribution in [1.29, 1.82) is 0 Å². The molecule has 0 aromatic rings. The van der Waals surface area contributed by atoms with Crippen molar-refractivity contribution in [1.82, 2.24) is 0 Å². The summed E-state index contributed by atoms with van der Waals surface area (Å²) >= 11 is 0. The molecule has 0 aliphatic heterocycles. The van der Waals surface area contributed by atoms with Gasteiger partial charge >= 0.3 is 59.7 Å². The Morgan fingerprint density at radius 3 is 1.10 bits per heavy atom. The molecule has 0 N–H and O–H groups in total. The van der Waals surface area contributed by atoms with Gasteiger partial charge in [-0.25, -0.2) is 19.2 Å². The molecule has 0 spiro atoms. The van der Waals surface area contributed by atoms with Gasteiger partial charge in [-0.15, -0.1) is 0 Å². The van der Waals surface area contributed by atoms with Crippen molar-refractivity contribution < 1.29 is 95.3 Å². The molecule has 3 aliphatic carbocycles. The summed E-state index contributed by atoms with van der Waals surface area (Å²) in [7, 11) is 0. The van der Waals surface area contributed by atoms with Crippen LogP contribution >= 0.6 is 0 Å². The van der Waals surface area contributed by atoms with E-state index in [-0.39, 0.29) is 107 Å². The molecule has 0 aromatic carbocycles. The van der Waals surface area contributed by atoms with Gasteiger partial charge in [-0.2, -0.15) is 0 Å². The fraction of sp³-hybridized carbons (Fsp3) is 0.877. The fourth-order valence-corrected chi connectivity index (χ4v) is 9.21. The van der Waals surface area contributed by atoms with Crippen LogP contribution in [-0.4, -0.2) is 120 Å². The van der Waals surface area contributed by atoms with E-state index in [0.717, 1.165) is 50.4 Å². The Bertz CT molecular complexity index is 2560. The largest absolute Gasteiger partial charge is 0.459 e. The van der Waals surface area contributed by atoms with Gasteiger partial charge in [0.1, 0.15) is 33.6 Å². The minimum Gasteiger partial charge on any atom is -0.459 e. The second-order valence-corrected chi connectivity index (χ2v) is 35.0. The van der Waals surface area contributed by atoms with E-state index in [1.165, 1.54) is 38.5 Å². The maximum absolute atomic E-state index is 12.3. The van der Waals surface area contributed by atoms with Gasteiger partial charge in [0.05, 0.1) is 33.5 Å². The topological polar surface area (TPSA) is 263 Å². The second-order valence-electron chi connectivity index (χ2n) is 35.0. The quantitative estimate of drug-likeness (QED) is 0.0497. The highest BCUT2D eigenvalue weighted by atomic mass is 16.6. The van der Waals surface area contributed by atoms with Gasteiger partial charge in [-0.3, -0.25) is 28.8 Å². The van der Waals surface area contributed by atoms with Crippen LogP contribution in [0.25, 0.3) is 0 Å². The molecule has 592 valence electrons. The van der Waals surface area contributed by atoms with E-state index in [1.54, 1.807) is 62.3 Å². The number of fused-ring (bicyclic) bond motifs is 2. The number of esters is 10. The van der Waals surface area contributed by atoms with E-state index in [4.69, 9.17) is 47.4 Å². The van der Waals surface area contributed by atoms with Crippen molar-refractivity contribution >= 4 is 59.7 Å². The van der Waals surface area contributed by atoms with E-state index in [1.807, 2.05) is 152 Å². The molecule has 5 unspecified atom stereocenters. The third kappa shape index (κ3) is 38.3. The Kier molecular flexibility index (Phi) is 42.7. The van der Waals surface area contributed by atoms with Crippen molar-refractivity contribution in [3.05, 3.63) is 0 Å². The molecule has 101 heavy (non-hydrogen) atoms. The molecule has 3 aliphatic rings. The molecule has 5 atom stereocenters. The lowest BCUT2D eigenvalue weighted by Crippen LogP contribution is -2.42. The van der Waals surface area contributed by atoms with Gasteiger partial charge in [0, 0.05) is 11.3 Å². The molecular formula is C81H148O20. The minimum absolute atomic E-state index is 0.0197. The Labute approximate surface area is 613 Å². The van der Waals surface area contributed by atoms with Gasteiger partial charge < -0.3 is 47.4 Å². The zero-order chi connectivity index (χ0) is 80.0. The molecule has 0 aromatic heterocycles. The predicted molar refractivity (Wildman–Crippen MR) is 397 cm³/mol. The predicted octanol–water partition coefficient (Wildman–Crippen LogP) is 18.4. The van der Waals surface area contributed by atoms with Crippen LogP contribution in [0.2, 0.25) is 0 Å². The summed E-state index contributed by atoms with van der Waals surface area (Å²) in [6.07, 6.45) is 15.9. The van der Waals surface area contributed by atoms with E-state index in [9.17, 15) is 47.9 Å². The van der Waals surface area contributed by atoms with Gasteiger partial charge in [-0.05, 0) is 246 Å². The number of rotatable bonds is 29. The monoisotopic (exact) mass is 1440 g/mol. The Morgan fingerprint density at radius 2 is 0.772 bits per heavy atom. The van der Waals surface area contributed by atoms with Crippen LogP contribution in [0.1, 0.15) is 338 Å². The SMILES string of the molecule is CCC(C)(C)C(=O)OC(C)(C)C1CC2CCC1C2.CCC(C)(C)C(=O)OCC(=O)OC(C)(C)C.CCC(C)(C)C(=O)OCC(=O)OC(C)(C)C(C)C.CCC(C)C(=O)OCC(=O)OC(C)(C)C(C)(C)C.CCC(C)C(=O)OCC(=O)OC(C)(C)CC.CCC1(OC(=O)C(C)(C)CC)CCCC1. The first-order chi connectivity index (χ1) is 45.7. The maximum Gasteiger partial charge on any atom is 0.344 e. The van der Waals surface area contributed by atoms with Crippen LogP contribution in [0.3, 0.4) is 0 Å². The molecule has 0 radical (unpaired) electrons. The maximum atomic E-state index is 12.3. The Morgan fingerprint density at radius 1 is 0.406 bits per heavy atom. The normalized spacial score (nSPS) is 17.4. The number of hydrogen-bond donors (Lipinski definition) is 0. The van der Waals surface area contributed by atoms with Gasteiger partial charge in [0.15, 0.2) is 26.4 Å². The van der Waals surface area contributed by atoms with Gasteiger partial charge in [-0.1, -0.05) is 110 Å². The van der Waals surface area contributed by atoms with Crippen LogP contribution in [0.4, 0.5) is 0 Å². The fourth-order valence-electron chi connectivity index (χ4n) is 9.21. The Hall–Kier alpha value is -5.30. The molecule has 3 rings (SSSR count). The highest BCUT2D eigenvalue weighted by Gasteiger charge is 2.49. The third-order valence-electron chi connectivity index (χ3n) is 21.1. The number of carbonyl (C=O) groups is 10. The zero-order valence-corrected chi connectivity index (χ0v) is 70.3. The first-order valence-electron chi connectivity index (χ1n) is 37.7. The highest BCUT2D eigenvalue weighted by Crippen LogP contribution is 2.53. The lowest BCUT2D eigenvalue weighted by molar-refractivity contribution is -0.177. The first kappa shape index (κ1) is 99.9. The minimum atomic E-state index is -0.604. The third-order valence-corrected chi connectivity index (χ3v) is 21.1. The van der Waals surface area contributed by atoms with Crippen molar-refractivity contribution in [3.63, 3.8) is 0 Å². The van der Waals surface area contributed by atoms with Crippen LogP contribution in [0.5, 0.6) is 0 Å². The summed E-state index contributed by atoms with van der Waals surface area (Å²) in [5, 5.41) is 0. The second kappa shape index (κ2) is 43.2. The molecule has 0 saturated heterocycles. The molecule has 20 nitrogen and oxygen atoms in total. The van der Waals surface area contributed by atoms with Crippen LogP contribution < -0.4 is 0 Å². The zero-order valence-electron chi connectivity index (χ0n) is 70.3. The molecule has 3 fully saturated rings. The van der Waals surface area contributed by atoms with Crippen molar-refractivity contribution in [2.24, 2.45) is 62.6 Å². The average Bonchev–Trinajstić information content (AvgIpc) is 1.65. The van der Waals surface area contributed by atoms with E-state index in [0.29, 0.717) is 31.6 Å². The molecule has 20 heteroatoms. The van der Waals surface area contributed by atoms with E-state index in [2.05, 4.69) is 20.8 Å². The number of carbonyl (C=O) groups excluding carboxylic acids is 10. The number of hydrogen-bond acceptors (Lipinski definition) is 20. The molecule has 3 saturated carbocycles. The number of ether oxygens (including phenoxy) is 10. The average molecular weight is 1440 g/mol. The van der Waals surface area contributed by atoms with Crippen molar-refractivity contribution in [2.45, 2.75) is 372 Å². The Balaban J connectivity index is -0.00000114. The standard InChI is InChI=1S/C16H28O2.2C14H26O4.C13H24O2.2C12H22O4/c1-6-15(2,3)14(17)18-16(4,5)13-10-11-7-8-12(13)9-11;1-8-10(2)12(16)17-9-11(15)18-14(6,7)13(3,4)5;1-8-13(4,5)12(16)17-9-11(15)18-14(6,7)10(2)3;1-5-12(3,4)11(14)15-13(6-2)9-7-8-10-13;1-7-12(5,6)10(14)15-8-9(13)16-11(2,3)4;1-6-9(3)11(14)15-8-10(13)16-12(4,5)7-2/h11-13H,6-10H2,1-5H3;2*10H,8-9H2,1-7H3;5-10H2,1-4H3;7-8H2,1-6H3;9H,6-8H2,1-5H3. The first-order valence-corrected chi connectivity index (χ1v) is 37.7. The van der Waals surface area contributed by atoms with Crippen LogP contribution in [-0.2, 0) is 95.3 Å². The van der Waals surface area contributed by atoms with E-state index < -0.39 is 57.1 Å². The van der Waals surface area contributed by atoms with Crippen LogP contribution in [0, 0.1) is 62.6 Å². The summed E-state index contributed by atoms with van der Waals surface area (Å²) < 4.78 is 52.0. The van der Waals surface area contributed by atoms with Gasteiger partial charge in [0.2, 0.25) is 0 Å². The van der Waals surface area contributed by atoms with Gasteiger partial charge in [0.25, 0.3) is 0 Å². The summed E-state index contributed by atoms with van der Waals surface area (Å²) in [5.41, 5.74) is -4.61. The lowest BCUT2D eigenvalue weighted by Gasteiger charge is -2.38. The summed E-state index contributed by atoms with van der Waals surface area (Å²) in [5.74, 6) is -1.43. The van der Waals surface area contributed by atoms with E-state index >= 15 is 0 Å². The summed E-state index contributed by atoms with van der Waals surface area (Å²) in [4.78, 5) is 116. The molecule has 0 amide bonds. The summed E-state index contributed by atoms with van der Waals surface area (Å²) in [6.45, 7) is 63.5. The van der Waals surface area contributed by atoms with Crippen molar-refractivity contribution in [2.75, 3.05) is 26.4 Å². The lowest BCUT2D eigenvalue weighted by atomic mass is 9.77. The highest BCUT2D eigenvalue weighted by molar-refractivity contribution is 5.81. The van der Waals surface area contributed by atoms with Crippen LogP contribution in [0.15, 0.2) is 0 Å².